The van der Waals surface area contributed by atoms with Crippen LogP contribution in [0, 0.1) is 0 Å². The van der Waals surface area contributed by atoms with Crippen LogP contribution >= 0.6 is 44.8 Å². The molecule has 0 saturated heterocycles. The minimum absolute atomic E-state index is 0. The fraction of sp³-hybridized carbons (Fsp3) is 0.300. The summed E-state index contributed by atoms with van der Waals surface area (Å²) in [5.74, 6) is 0. The first-order valence-electron chi connectivity index (χ1n) is 16.9. The largest absolute Gasteiger partial charge is 2.00 e. The van der Waals surface area contributed by atoms with Crippen molar-refractivity contribution in [1.29, 1.82) is 0 Å². The zero-order valence-corrected chi connectivity index (χ0v) is 43.4. The summed E-state index contributed by atoms with van der Waals surface area (Å²) in [6.45, 7) is 29.1. The predicted octanol–water partition coefficient (Wildman–Crippen LogP) is 8.60. The summed E-state index contributed by atoms with van der Waals surface area (Å²) in [6.07, 6.45) is 14.6. The van der Waals surface area contributed by atoms with Gasteiger partial charge in [0.25, 0.3) is 0 Å². The number of allylic oxidation sites excluding steroid dienone is 12. The van der Waals surface area contributed by atoms with E-state index in [1.54, 1.807) is 0 Å². The zero-order valence-electron chi connectivity index (χ0n) is 32.1. The second kappa shape index (κ2) is 18.8. The van der Waals surface area contributed by atoms with E-state index in [9.17, 15) is 0 Å². The maximum atomic E-state index is 2.44. The molecule has 0 saturated carbocycles. The molecule has 0 aromatic heterocycles. The average Bonchev–Trinajstić information content (AvgIpc) is 3.69. The van der Waals surface area contributed by atoms with Gasteiger partial charge in [0.1, 0.15) is 28.9 Å². The van der Waals surface area contributed by atoms with Crippen molar-refractivity contribution in [3.63, 3.8) is 0 Å². The van der Waals surface area contributed by atoms with Crippen molar-refractivity contribution in [2.24, 2.45) is 0 Å². The van der Waals surface area contributed by atoms with Crippen LogP contribution in [0.4, 0.5) is 0 Å². The molecule has 51 heavy (non-hydrogen) atoms. The molecule has 4 aliphatic rings. The number of hydrogen-bond acceptors (Lipinski definition) is 4. The third-order valence-corrected chi connectivity index (χ3v) is 21.8. The van der Waals surface area contributed by atoms with Crippen molar-refractivity contribution < 1.29 is 51.0 Å². The maximum Gasteiger partial charge on any atom is 2.00 e. The first-order chi connectivity index (χ1) is 22.2. The Morgan fingerprint density at radius 1 is 0.353 bits per heavy atom. The summed E-state index contributed by atoms with van der Waals surface area (Å²) in [4.78, 5) is 5.86. The Morgan fingerprint density at radius 2 is 0.647 bits per heavy atom. The SMILES string of the molecule is C[Si](C)(C)SC1=CC2=C(c3ccccc3)C=C(S[Si](C)(C)C)C2=C1.C[Si](C)(C)SC1=CC2=C(c3ccccc3)C=C(S[Si](C)(C)C)C2=C1.[Cl-].[Cl-].[Zr+2]. The molecule has 2 aromatic rings. The van der Waals surface area contributed by atoms with E-state index in [0.717, 1.165) is 0 Å². The van der Waals surface area contributed by atoms with Gasteiger partial charge in [-0.05, 0) is 81.0 Å². The van der Waals surface area contributed by atoms with Gasteiger partial charge in [0.05, 0.1) is 0 Å². The molecule has 0 aliphatic heterocycles. The third kappa shape index (κ3) is 13.7. The van der Waals surface area contributed by atoms with Gasteiger partial charge in [-0.1, -0.05) is 139 Å². The second-order valence-corrected chi connectivity index (χ2v) is 53.2. The van der Waals surface area contributed by atoms with Crippen molar-refractivity contribution >= 4 is 84.9 Å². The Bertz CT molecular complexity index is 1690. The molecule has 0 amide bonds. The van der Waals surface area contributed by atoms with Crippen LogP contribution in [0.1, 0.15) is 11.1 Å². The summed E-state index contributed by atoms with van der Waals surface area (Å²) in [6, 6.07) is 21.7. The molecule has 6 rings (SSSR count). The van der Waals surface area contributed by atoms with Gasteiger partial charge in [-0.25, -0.2) is 0 Å². The molecule has 0 radical (unpaired) electrons. The molecule has 0 heterocycles. The van der Waals surface area contributed by atoms with E-state index < -0.39 is 28.9 Å². The monoisotopic (exact) mass is 932 g/mol. The van der Waals surface area contributed by atoms with Crippen LogP contribution in [0.5, 0.6) is 0 Å². The van der Waals surface area contributed by atoms with Crippen LogP contribution in [-0.2, 0) is 26.2 Å². The van der Waals surface area contributed by atoms with Crippen LogP contribution in [0.25, 0.3) is 11.1 Å². The Kier molecular flexibility index (Phi) is 17.4. The minimum Gasteiger partial charge on any atom is -1.00 e. The van der Waals surface area contributed by atoms with E-state index in [4.69, 9.17) is 0 Å². The second-order valence-electron chi connectivity index (χ2n) is 16.5. The summed E-state index contributed by atoms with van der Waals surface area (Å²) in [5, 5.41) is 0. The zero-order chi connectivity index (χ0) is 35.1. The molecule has 0 nitrogen and oxygen atoms in total. The van der Waals surface area contributed by atoms with Gasteiger partial charge in [-0.3, -0.25) is 0 Å². The summed E-state index contributed by atoms with van der Waals surface area (Å²) in [5.41, 5.74) is 11.2. The van der Waals surface area contributed by atoms with Crippen molar-refractivity contribution in [2.45, 2.75) is 78.6 Å². The van der Waals surface area contributed by atoms with Gasteiger partial charge in [0.15, 0.2) is 0 Å². The molecule has 270 valence electrons. The molecule has 4 aliphatic carbocycles. The van der Waals surface area contributed by atoms with E-state index in [1.165, 1.54) is 64.2 Å². The maximum absolute atomic E-state index is 2.44. The van der Waals surface area contributed by atoms with Crippen molar-refractivity contribution in [3.8, 4) is 0 Å². The fourth-order valence-electron chi connectivity index (χ4n) is 5.76. The first kappa shape index (κ1) is 47.2. The van der Waals surface area contributed by atoms with Crippen molar-refractivity contribution in [1.82, 2.24) is 0 Å². The topological polar surface area (TPSA) is 0 Å². The molecule has 0 fully saturated rings. The van der Waals surface area contributed by atoms with Crippen LogP contribution in [-0.4, -0.2) is 28.9 Å². The molecule has 11 heteroatoms. The first-order valence-corrected chi connectivity index (χ1v) is 37.1. The van der Waals surface area contributed by atoms with Gasteiger partial charge in [0, 0.05) is 19.6 Å². The van der Waals surface area contributed by atoms with Crippen LogP contribution in [0.15, 0.2) is 139 Å². The van der Waals surface area contributed by atoms with Crippen LogP contribution < -0.4 is 24.8 Å². The van der Waals surface area contributed by atoms with Gasteiger partial charge < -0.3 is 24.8 Å². The molecular formula is C40H52Cl2S4Si4Zr. The summed E-state index contributed by atoms with van der Waals surface area (Å²) < 4.78 is 0. The van der Waals surface area contributed by atoms with Gasteiger partial charge in [0.2, 0.25) is 0 Å². The van der Waals surface area contributed by atoms with E-state index in [2.05, 4.69) is 221 Å². The molecule has 0 bridgehead atoms. The minimum atomic E-state index is -1.22. The van der Waals surface area contributed by atoms with Crippen LogP contribution in [0.2, 0.25) is 78.6 Å². The smallest absolute Gasteiger partial charge is 1.00 e. The average molecular weight is 936 g/mol. The van der Waals surface area contributed by atoms with Gasteiger partial charge >= 0.3 is 26.2 Å². The van der Waals surface area contributed by atoms with Crippen molar-refractivity contribution in [2.75, 3.05) is 0 Å². The predicted molar refractivity (Wildman–Crippen MR) is 239 cm³/mol. The molecule has 0 spiro atoms. The number of halogens is 2. The summed E-state index contributed by atoms with van der Waals surface area (Å²) >= 11 is 8.44. The molecule has 0 atom stereocenters. The van der Waals surface area contributed by atoms with E-state index in [-0.39, 0.29) is 51.0 Å². The van der Waals surface area contributed by atoms with Gasteiger partial charge in [-0.15, -0.1) is 0 Å². The Hall–Kier alpha value is 0.0906. The third-order valence-electron chi connectivity index (χ3n) is 7.24. The fourth-order valence-corrected chi connectivity index (χ4v) is 20.0. The Morgan fingerprint density at radius 3 is 0.922 bits per heavy atom. The molecule has 2 aromatic carbocycles. The standard InChI is InChI=1S/2C20H26S2Si2.2ClH.Zr/c2*1-23(2,3)21-16-12-18-17(15-10-8-7-9-11-15)14-20(19(18)13-16)22-24(4,5)6;;;/h2*7-14H,1-6H3;2*1H;/q;;;;+2/p-2. The Balaban J connectivity index is 0.000000334. The number of benzene rings is 2. The van der Waals surface area contributed by atoms with Crippen molar-refractivity contribution in [3.05, 3.63) is 150 Å². The molecule has 0 unspecified atom stereocenters. The Labute approximate surface area is 360 Å². The number of hydrogen-bond donors (Lipinski definition) is 0. The normalized spacial score (nSPS) is 16.6. The number of fused-ring (bicyclic) bond motifs is 2. The quantitative estimate of drug-likeness (QED) is 0.219. The van der Waals surface area contributed by atoms with E-state index in [0.29, 0.717) is 0 Å². The van der Waals surface area contributed by atoms with E-state index >= 15 is 0 Å². The van der Waals surface area contributed by atoms with Crippen LogP contribution in [0.3, 0.4) is 0 Å². The molecular weight excluding hydrogens is 883 g/mol. The van der Waals surface area contributed by atoms with Gasteiger partial charge in [-0.2, -0.15) is 44.8 Å². The van der Waals surface area contributed by atoms with E-state index in [1.807, 2.05) is 0 Å². The molecule has 0 N–H and O–H groups in total. The number of rotatable bonds is 10. The summed E-state index contributed by atoms with van der Waals surface area (Å²) in [7, 11) is -4.80.